The maximum Gasteiger partial charge on any atom is 0.257 e. The molecule has 0 spiro atoms. The number of thiazole rings is 1. The molecule has 2 aromatic rings. The van der Waals surface area contributed by atoms with Gasteiger partial charge in [0.2, 0.25) is 11.8 Å². The predicted molar refractivity (Wildman–Crippen MR) is 99.2 cm³/mol. The van der Waals surface area contributed by atoms with E-state index in [1.165, 1.54) is 11.3 Å². The van der Waals surface area contributed by atoms with E-state index in [0.717, 1.165) is 18.7 Å². The second-order valence-corrected chi connectivity index (χ2v) is 7.35. The zero-order valence-electron chi connectivity index (χ0n) is 15.2. The second-order valence-electron chi connectivity index (χ2n) is 6.49. The van der Waals surface area contributed by atoms with E-state index >= 15 is 0 Å². The van der Waals surface area contributed by atoms with Gasteiger partial charge in [-0.05, 0) is 27.2 Å². The molecule has 1 unspecified atom stereocenters. The van der Waals surface area contributed by atoms with Gasteiger partial charge in [0.05, 0.1) is 30.6 Å². The molecule has 8 heteroatoms. The summed E-state index contributed by atoms with van der Waals surface area (Å²) in [6, 6.07) is 3.24. The van der Waals surface area contributed by atoms with Crippen LogP contribution in [0.4, 0.5) is 5.13 Å². The van der Waals surface area contributed by atoms with Crippen LogP contribution in [0.3, 0.4) is 0 Å². The number of nitrogens with one attached hydrogen (secondary N) is 1. The largest absolute Gasteiger partial charge is 0.477 e. The van der Waals surface area contributed by atoms with Crippen LogP contribution in [-0.2, 0) is 4.74 Å². The van der Waals surface area contributed by atoms with Gasteiger partial charge in [0.25, 0.3) is 5.91 Å². The van der Waals surface area contributed by atoms with Gasteiger partial charge >= 0.3 is 0 Å². The molecule has 0 radical (unpaired) electrons. The van der Waals surface area contributed by atoms with E-state index in [1.807, 2.05) is 26.2 Å². The molecule has 0 aromatic carbocycles. The van der Waals surface area contributed by atoms with Gasteiger partial charge in [-0.3, -0.25) is 10.1 Å². The van der Waals surface area contributed by atoms with Crippen LogP contribution in [0.2, 0.25) is 0 Å². The summed E-state index contributed by atoms with van der Waals surface area (Å²) >= 11 is 1.38. The number of amides is 1. The van der Waals surface area contributed by atoms with Gasteiger partial charge in [0, 0.05) is 30.0 Å². The third-order valence-corrected chi connectivity index (χ3v) is 4.60. The number of nitrogens with zero attached hydrogens (tertiary/aromatic N) is 2. The smallest absolute Gasteiger partial charge is 0.257 e. The van der Waals surface area contributed by atoms with Crippen LogP contribution in [0.25, 0.3) is 0 Å². The summed E-state index contributed by atoms with van der Waals surface area (Å²) in [5.74, 6) is 0.808. The molecule has 1 aliphatic rings. The number of carbonyl (C=O) groups is 1. The minimum Gasteiger partial charge on any atom is -0.477 e. The predicted octanol–water partition coefficient (Wildman–Crippen LogP) is 3.30. The van der Waals surface area contributed by atoms with Gasteiger partial charge in [0.15, 0.2) is 5.13 Å². The van der Waals surface area contributed by atoms with Gasteiger partial charge in [0.1, 0.15) is 0 Å². The van der Waals surface area contributed by atoms with Crippen molar-refractivity contribution in [2.24, 2.45) is 5.92 Å². The standard InChI is InChI=1S/C18H23N3O4S/c1-11(2)25-16-7-14(17(22)21-18-19-12(3)10-26-18)6-15(20-16)24-9-13-4-5-23-8-13/h6-7,10-11,13H,4-5,8-9H2,1-3H3,(H,19,21,22). The van der Waals surface area contributed by atoms with Gasteiger partial charge in [-0.15, -0.1) is 11.3 Å². The Hall–Kier alpha value is -2.19. The number of ether oxygens (including phenoxy) is 3. The molecule has 7 nitrogen and oxygen atoms in total. The van der Waals surface area contributed by atoms with Crippen molar-refractivity contribution in [1.82, 2.24) is 9.97 Å². The lowest BCUT2D eigenvalue weighted by Crippen LogP contribution is -2.16. The average Bonchev–Trinajstić information content (AvgIpc) is 3.24. The maximum absolute atomic E-state index is 12.6. The maximum atomic E-state index is 12.6. The molecule has 0 saturated carbocycles. The summed E-state index contributed by atoms with van der Waals surface area (Å²) in [4.78, 5) is 21.2. The van der Waals surface area contributed by atoms with E-state index in [0.29, 0.717) is 41.6 Å². The lowest BCUT2D eigenvalue weighted by Gasteiger charge is -2.14. The normalized spacial score (nSPS) is 16.7. The fourth-order valence-electron chi connectivity index (χ4n) is 2.49. The molecule has 2 aromatic heterocycles. The monoisotopic (exact) mass is 377 g/mol. The number of hydrogen-bond acceptors (Lipinski definition) is 7. The topological polar surface area (TPSA) is 82.6 Å². The van der Waals surface area contributed by atoms with Gasteiger partial charge in [-0.1, -0.05) is 0 Å². The number of carbonyl (C=O) groups excluding carboxylic acids is 1. The van der Waals surface area contributed by atoms with E-state index in [4.69, 9.17) is 14.2 Å². The Labute approximate surface area is 156 Å². The van der Waals surface area contributed by atoms with E-state index in [-0.39, 0.29) is 12.0 Å². The molecule has 1 saturated heterocycles. The van der Waals surface area contributed by atoms with Crippen molar-refractivity contribution in [3.05, 3.63) is 28.8 Å². The van der Waals surface area contributed by atoms with Crippen molar-refractivity contribution < 1.29 is 19.0 Å². The highest BCUT2D eigenvalue weighted by Gasteiger charge is 2.18. The molecule has 1 N–H and O–H groups in total. The molecule has 3 heterocycles. The van der Waals surface area contributed by atoms with Crippen LogP contribution in [0.15, 0.2) is 17.5 Å². The molecule has 3 rings (SSSR count). The quantitative estimate of drug-likeness (QED) is 0.797. The minimum absolute atomic E-state index is 0.0569. The Morgan fingerprint density at radius 2 is 2.19 bits per heavy atom. The van der Waals surface area contributed by atoms with Gasteiger partial charge < -0.3 is 14.2 Å². The van der Waals surface area contributed by atoms with E-state index in [2.05, 4.69) is 15.3 Å². The third kappa shape index (κ3) is 5.15. The van der Waals surface area contributed by atoms with Crippen molar-refractivity contribution >= 4 is 22.4 Å². The van der Waals surface area contributed by atoms with E-state index in [9.17, 15) is 4.79 Å². The first-order chi connectivity index (χ1) is 12.5. The molecule has 26 heavy (non-hydrogen) atoms. The Balaban J connectivity index is 1.75. The van der Waals surface area contributed by atoms with Crippen molar-refractivity contribution in [3.8, 4) is 11.8 Å². The first kappa shape index (κ1) is 18.6. The van der Waals surface area contributed by atoms with Crippen LogP contribution in [0.1, 0.15) is 36.3 Å². The summed E-state index contributed by atoms with van der Waals surface area (Å²) in [5.41, 5.74) is 1.29. The number of rotatable bonds is 7. The third-order valence-electron chi connectivity index (χ3n) is 3.73. The molecular weight excluding hydrogens is 354 g/mol. The first-order valence-corrected chi connectivity index (χ1v) is 9.50. The number of anilines is 1. The number of aromatic nitrogens is 2. The van der Waals surface area contributed by atoms with E-state index < -0.39 is 0 Å². The molecule has 0 bridgehead atoms. The second kappa shape index (κ2) is 8.46. The summed E-state index contributed by atoms with van der Waals surface area (Å²) in [6.45, 7) is 7.65. The number of hydrogen-bond donors (Lipinski definition) is 1. The van der Waals surface area contributed by atoms with Gasteiger partial charge in [-0.25, -0.2) is 4.98 Å². The summed E-state index contributed by atoms with van der Waals surface area (Å²) in [7, 11) is 0. The molecule has 1 aliphatic heterocycles. The molecule has 1 atom stereocenters. The minimum atomic E-state index is -0.274. The van der Waals surface area contributed by atoms with Crippen molar-refractivity contribution in [2.45, 2.75) is 33.3 Å². The lowest BCUT2D eigenvalue weighted by molar-refractivity contribution is 0.102. The Morgan fingerprint density at radius 3 is 2.85 bits per heavy atom. The van der Waals surface area contributed by atoms with Crippen LogP contribution >= 0.6 is 11.3 Å². The number of pyridine rings is 1. The van der Waals surface area contributed by atoms with Crippen molar-refractivity contribution in [2.75, 3.05) is 25.1 Å². The Morgan fingerprint density at radius 1 is 1.38 bits per heavy atom. The number of aryl methyl sites for hydroxylation is 1. The zero-order chi connectivity index (χ0) is 18.5. The lowest BCUT2D eigenvalue weighted by atomic mass is 10.1. The summed E-state index contributed by atoms with van der Waals surface area (Å²) in [6.07, 6.45) is 0.914. The molecule has 1 fully saturated rings. The summed E-state index contributed by atoms with van der Waals surface area (Å²) in [5, 5.41) is 5.23. The fraction of sp³-hybridized carbons (Fsp3) is 0.500. The average molecular weight is 377 g/mol. The first-order valence-electron chi connectivity index (χ1n) is 8.62. The Bertz CT molecular complexity index is 757. The van der Waals surface area contributed by atoms with Crippen LogP contribution < -0.4 is 14.8 Å². The van der Waals surface area contributed by atoms with E-state index in [1.54, 1.807) is 12.1 Å². The van der Waals surface area contributed by atoms with Crippen LogP contribution in [-0.4, -0.2) is 41.8 Å². The highest BCUT2D eigenvalue weighted by atomic mass is 32.1. The molecule has 0 aliphatic carbocycles. The molecule has 140 valence electrons. The van der Waals surface area contributed by atoms with Crippen molar-refractivity contribution in [1.29, 1.82) is 0 Å². The van der Waals surface area contributed by atoms with Crippen LogP contribution in [0, 0.1) is 12.8 Å². The SMILES string of the molecule is Cc1csc(NC(=O)c2cc(OCC3CCOC3)nc(OC(C)C)c2)n1. The van der Waals surface area contributed by atoms with Crippen LogP contribution in [0.5, 0.6) is 11.8 Å². The fourth-order valence-corrected chi connectivity index (χ4v) is 3.17. The molecule has 1 amide bonds. The zero-order valence-corrected chi connectivity index (χ0v) is 16.0. The highest BCUT2D eigenvalue weighted by molar-refractivity contribution is 7.13. The summed E-state index contributed by atoms with van der Waals surface area (Å²) < 4.78 is 16.8. The van der Waals surface area contributed by atoms with Crippen molar-refractivity contribution in [3.63, 3.8) is 0 Å². The molecular formula is C18H23N3O4S. The highest BCUT2D eigenvalue weighted by Crippen LogP contribution is 2.23. The van der Waals surface area contributed by atoms with Gasteiger partial charge in [-0.2, -0.15) is 4.98 Å². The Kier molecular flexibility index (Phi) is 6.05.